The Labute approximate surface area is 112 Å². The number of ether oxygens (including phenoxy) is 1. The number of nitrogens with one attached hydrogen (secondary N) is 1. The third-order valence-corrected chi connectivity index (χ3v) is 3.47. The molecule has 104 valence electrons. The lowest BCUT2D eigenvalue weighted by atomic mass is 10.1. The average molecular weight is 266 g/mol. The Balaban J connectivity index is 1.98. The summed E-state index contributed by atoms with van der Waals surface area (Å²) in [6, 6.07) is 4.31. The minimum absolute atomic E-state index is 0.152. The highest BCUT2D eigenvalue weighted by Gasteiger charge is 2.22. The smallest absolute Gasteiger partial charge is 0.248 e. The van der Waals surface area contributed by atoms with Gasteiger partial charge in [0.1, 0.15) is 5.82 Å². The molecule has 1 aromatic carbocycles. The molecule has 1 aliphatic heterocycles. The van der Waals surface area contributed by atoms with Crippen LogP contribution in [0.5, 0.6) is 0 Å². The fraction of sp³-hybridized carbons (Fsp3) is 0.500. The monoisotopic (exact) mass is 266 g/mol. The number of hydrogen-bond acceptors (Lipinski definition) is 3. The number of benzene rings is 1. The lowest BCUT2D eigenvalue weighted by Crippen LogP contribution is -2.36. The van der Waals surface area contributed by atoms with Crippen LogP contribution in [0.3, 0.4) is 0 Å². The van der Waals surface area contributed by atoms with Gasteiger partial charge in [0.15, 0.2) is 0 Å². The van der Waals surface area contributed by atoms with E-state index >= 15 is 0 Å². The van der Waals surface area contributed by atoms with Crippen molar-refractivity contribution in [2.75, 3.05) is 6.61 Å². The van der Waals surface area contributed by atoms with Crippen LogP contribution in [0.2, 0.25) is 0 Å². The van der Waals surface area contributed by atoms with E-state index in [1.165, 1.54) is 18.2 Å². The molecule has 2 unspecified atom stereocenters. The summed E-state index contributed by atoms with van der Waals surface area (Å²) >= 11 is 0. The van der Waals surface area contributed by atoms with E-state index in [9.17, 15) is 9.18 Å². The Morgan fingerprint density at radius 3 is 3.05 bits per heavy atom. The molecule has 1 heterocycles. The van der Waals surface area contributed by atoms with Gasteiger partial charge in [0.25, 0.3) is 0 Å². The van der Waals surface area contributed by atoms with Gasteiger partial charge in [0.2, 0.25) is 5.91 Å². The number of amides is 1. The Hall–Kier alpha value is -1.46. The first-order valence-corrected chi connectivity index (χ1v) is 6.51. The summed E-state index contributed by atoms with van der Waals surface area (Å²) < 4.78 is 19.2. The Kier molecular flexibility index (Phi) is 4.50. The Morgan fingerprint density at radius 2 is 2.42 bits per heavy atom. The summed E-state index contributed by atoms with van der Waals surface area (Å²) in [6.07, 6.45) is 2.28. The zero-order valence-electron chi connectivity index (χ0n) is 11.0. The topological polar surface area (TPSA) is 64.3 Å². The van der Waals surface area contributed by atoms with Crippen LogP contribution in [0, 0.1) is 5.82 Å². The van der Waals surface area contributed by atoms with E-state index in [0.29, 0.717) is 17.7 Å². The van der Waals surface area contributed by atoms with Crippen LogP contribution in [0.25, 0.3) is 0 Å². The van der Waals surface area contributed by atoms with E-state index in [4.69, 9.17) is 10.5 Å². The minimum atomic E-state index is -0.548. The van der Waals surface area contributed by atoms with Gasteiger partial charge in [-0.2, -0.15) is 0 Å². The summed E-state index contributed by atoms with van der Waals surface area (Å²) in [7, 11) is 0. The summed E-state index contributed by atoms with van der Waals surface area (Å²) in [5.74, 6) is -0.884. The summed E-state index contributed by atoms with van der Waals surface area (Å²) in [4.78, 5) is 11.1. The molecule has 0 aliphatic carbocycles. The molecule has 4 nitrogen and oxygen atoms in total. The first-order valence-electron chi connectivity index (χ1n) is 6.51. The highest BCUT2D eigenvalue weighted by molar-refractivity contribution is 5.92. The van der Waals surface area contributed by atoms with Crippen molar-refractivity contribution in [2.24, 2.45) is 5.73 Å². The summed E-state index contributed by atoms with van der Waals surface area (Å²) in [5, 5.41) is 3.23. The SMILES string of the molecule is CC(NCc1cc(C(N)=O)ccc1F)C1CCCO1. The number of halogens is 1. The maximum absolute atomic E-state index is 13.6. The van der Waals surface area contributed by atoms with Crippen molar-refractivity contribution in [3.05, 3.63) is 35.1 Å². The predicted octanol–water partition coefficient (Wildman–Crippen LogP) is 1.58. The maximum atomic E-state index is 13.6. The number of carbonyl (C=O) groups is 1. The van der Waals surface area contributed by atoms with Crippen LogP contribution in [0.15, 0.2) is 18.2 Å². The zero-order valence-corrected chi connectivity index (χ0v) is 11.0. The van der Waals surface area contributed by atoms with Crippen LogP contribution >= 0.6 is 0 Å². The van der Waals surface area contributed by atoms with Gasteiger partial charge in [-0.15, -0.1) is 0 Å². The van der Waals surface area contributed by atoms with E-state index in [-0.39, 0.29) is 18.0 Å². The average Bonchev–Trinajstić information content (AvgIpc) is 2.91. The lowest BCUT2D eigenvalue weighted by molar-refractivity contribution is 0.0831. The Morgan fingerprint density at radius 1 is 1.63 bits per heavy atom. The van der Waals surface area contributed by atoms with Gasteiger partial charge >= 0.3 is 0 Å². The third-order valence-electron chi connectivity index (χ3n) is 3.47. The molecule has 0 bridgehead atoms. The molecule has 0 radical (unpaired) electrons. The number of rotatable bonds is 5. The summed E-state index contributed by atoms with van der Waals surface area (Å²) in [5.41, 5.74) is 5.95. The van der Waals surface area contributed by atoms with E-state index < -0.39 is 5.91 Å². The van der Waals surface area contributed by atoms with Crippen LogP contribution in [-0.4, -0.2) is 24.7 Å². The van der Waals surface area contributed by atoms with Gasteiger partial charge in [0.05, 0.1) is 6.10 Å². The normalized spacial score (nSPS) is 20.4. The molecule has 0 spiro atoms. The van der Waals surface area contributed by atoms with Crippen LogP contribution in [0.1, 0.15) is 35.7 Å². The van der Waals surface area contributed by atoms with Crippen LogP contribution in [0.4, 0.5) is 4.39 Å². The molecule has 0 aromatic heterocycles. The first-order chi connectivity index (χ1) is 9.08. The van der Waals surface area contributed by atoms with Crippen molar-refractivity contribution in [3.8, 4) is 0 Å². The van der Waals surface area contributed by atoms with E-state index in [1.807, 2.05) is 6.92 Å². The molecule has 1 saturated heterocycles. The van der Waals surface area contributed by atoms with Gasteiger partial charge in [0, 0.05) is 30.3 Å². The standard InChI is InChI=1S/C14H19FN2O2/c1-9(13-3-2-6-19-13)17-8-11-7-10(14(16)18)4-5-12(11)15/h4-5,7,9,13,17H,2-3,6,8H2,1H3,(H2,16,18). The molecule has 1 amide bonds. The fourth-order valence-corrected chi connectivity index (χ4v) is 2.26. The summed E-state index contributed by atoms with van der Waals surface area (Å²) in [6.45, 7) is 3.17. The van der Waals surface area contributed by atoms with Crippen molar-refractivity contribution in [2.45, 2.75) is 38.5 Å². The van der Waals surface area contributed by atoms with Crippen molar-refractivity contribution < 1.29 is 13.9 Å². The molecule has 3 N–H and O–H groups in total. The zero-order chi connectivity index (χ0) is 13.8. The lowest BCUT2D eigenvalue weighted by Gasteiger charge is -2.20. The third kappa shape index (κ3) is 3.52. The largest absolute Gasteiger partial charge is 0.377 e. The molecule has 1 aliphatic rings. The van der Waals surface area contributed by atoms with Crippen LogP contribution in [-0.2, 0) is 11.3 Å². The quantitative estimate of drug-likeness (QED) is 0.850. The number of nitrogens with two attached hydrogens (primary N) is 1. The molecule has 19 heavy (non-hydrogen) atoms. The number of hydrogen-bond donors (Lipinski definition) is 2. The first kappa shape index (κ1) is 14.0. The molecule has 2 rings (SSSR count). The molecule has 0 saturated carbocycles. The van der Waals surface area contributed by atoms with Gasteiger partial charge in [-0.25, -0.2) is 4.39 Å². The molecule has 1 fully saturated rings. The van der Waals surface area contributed by atoms with Crippen molar-refractivity contribution in [1.29, 1.82) is 0 Å². The van der Waals surface area contributed by atoms with Crippen molar-refractivity contribution >= 4 is 5.91 Å². The van der Waals surface area contributed by atoms with Crippen LogP contribution < -0.4 is 11.1 Å². The van der Waals surface area contributed by atoms with Crippen molar-refractivity contribution in [3.63, 3.8) is 0 Å². The fourth-order valence-electron chi connectivity index (χ4n) is 2.26. The Bertz CT molecular complexity index is 459. The molecule has 1 aromatic rings. The number of primary amides is 1. The predicted molar refractivity (Wildman–Crippen MR) is 70.2 cm³/mol. The molecule has 2 atom stereocenters. The second-order valence-electron chi connectivity index (χ2n) is 4.89. The molecular formula is C14H19FN2O2. The molecule has 5 heteroatoms. The van der Waals surface area contributed by atoms with Gasteiger partial charge in [-0.1, -0.05) is 0 Å². The highest BCUT2D eigenvalue weighted by Crippen LogP contribution is 2.16. The molecular weight excluding hydrogens is 247 g/mol. The second kappa shape index (κ2) is 6.12. The second-order valence-corrected chi connectivity index (χ2v) is 4.89. The van der Waals surface area contributed by atoms with E-state index in [1.54, 1.807) is 0 Å². The van der Waals surface area contributed by atoms with E-state index in [0.717, 1.165) is 19.4 Å². The van der Waals surface area contributed by atoms with Gasteiger partial charge < -0.3 is 15.8 Å². The van der Waals surface area contributed by atoms with Gasteiger partial charge in [-0.05, 0) is 38.0 Å². The highest BCUT2D eigenvalue weighted by atomic mass is 19.1. The maximum Gasteiger partial charge on any atom is 0.248 e. The number of carbonyl (C=O) groups excluding carboxylic acids is 1. The van der Waals surface area contributed by atoms with E-state index in [2.05, 4.69) is 5.32 Å². The van der Waals surface area contributed by atoms with Crippen molar-refractivity contribution in [1.82, 2.24) is 5.32 Å². The minimum Gasteiger partial charge on any atom is -0.377 e. The van der Waals surface area contributed by atoms with Gasteiger partial charge in [-0.3, -0.25) is 4.79 Å².